The van der Waals surface area contributed by atoms with Crippen molar-refractivity contribution in [1.82, 2.24) is 5.32 Å². The summed E-state index contributed by atoms with van der Waals surface area (Å²) in [6.07, 6.45) is 0.709. The first-order chi connectivity index (χ1) is 9.33. The quantitative estimate of drug-likeness (QED) is 0.861. The van der Waals surface area contributed by atoms with Crippen LogP contribution in [0.25, 0.3) is 0 Å². The molecule has 1 atom stereocenters. The molecule has 0 bridgehead atoms. The molecule has 1 aliphatic rings. The van der Waals surface area contributed by atoms with Crippen molar-refractivity contribution in [2.45, 2.75) is 19.0 Å². The van der Waals surface area contributed by atoms with Crippen molar-refractivity contribution in [3.63, 3.8) is 0 Å². The number of nitrogens with one attached hydrogen (secondary N) is 2. The Bertz CT molecular complexity index is 580. The van der Waals surface area contributed by atoms with Crippen LogP contribution in [0.2, 0.25) is 0 Å². The Morgan fingerprint density at radius 3 is 2.58 bits per heavy atom. The molecule has 0 fully saturated rings. The maximum atomic E-state index is 12.2. The third-order valence-electron chi connectivity index (χ3n) is 3.41. The number of carbonyl (C=O) groups excluding carboxylic acids is 1. The minimum absolute atomic E-state index is 0.0359. The van der Waals surface area contributed by atoms with Crippen molar-refractivity contribution in [2.75, 3.05) is 5.32 Å². The van der Waals surface area contributed by atoms with Crippen molar-refractivity contribution in [3.8, 4) is 0 Å². The van der Waals surface area contributed by atoms with Gasteiger partial charge in [-0.25, -0.2) is 0 Å². The van der Waals surface area contributed by atoms with E-state index in [0.29, 0.717) is 13.0 Å². The monoisotopic (exact) mass is 252 g/mol. The first-order valence-corrected chi connectivity index (χ1v) is 6.49. The number of amides is 1. The lowest BCUT2D eigenvalue weighted by atomic mass is 10.1. The number of anilines is 1. The van der Waals surface area contributed by atoms with E-state index in [1.807, 2.05) is 54.6 Å². The number of benzene rings is 2. The molecule has 1 heterocycles. The smallest absolute Gasteiger partial charge is 0.241 e. The van der Waals surface area contributed by atoms with Crippen LogP contribution in [-0.2, 0) is 17.8 Å². The van der Waals surface area contributed by atoms with Gasteiger partial charge in [0.1, 0.15) is 0 Å². The number of fused-ring (bicyclic) bond motifs is 1. The molecule has 2 aromatic rings. The normalized spacial score (nSPS) is 18.3. The van der Waals surface area contributed by atoms with E-state index in [4.69, 9.17) is 0 Å². The Balaban J connectivity index is 1.78. The molecule has 3 nitrogen and oxygen atoms in total. The second-order valence-electron chi connectivity index (χ2n) is 4.77. The fourth-order valence-electron chi connectivity index (χ4n) is 2.36. The predicted molar refractivity (Wildman–Crippen MR) is 75.8 cm³/mol. The maximum absolute atomic E-state index is 12.2. The summed E-state index contributed by atoms with van der Waals surface area (Å²) in [5, 5.41) is 6.32. The van der Waals surface area contributed by atoms with E-state index in [0.717, 1.165) is 11.3 Å². The minimum atomic E-state index is -0.185. The van der Waals surface area contributed by atoms with Gasteiger partial charge in [0.25, 0.3) is 0 Å². The van der Waals surface area contributed by atoms with E-state index in [-0.39, 0.29) is 11.9 Å². The SMILES string of the molecule is O=C1Nc2ccccc2CN[C@H]1Cc1ccccc1. The van der Waals surface area contributed by atoms with Gasteiger partial charge < -0.3 is 10.6 Å². The fraction of sp³-hybridized carbons (Fsp3) is 0.188. The van der Waals surface area contributed by atoms with Crippen molar-refractivity contribution in [2.24, 2.45) is 0 Å². The molecule has 2 aromatic carbocycles. The number of para-hydroxylation sites is 1. The molecule has 0 saturated heterocycles. The molecule has 0 saturated carbocycles. The van der Waals surface area contributed by atoms with E-state index < -0.39 is 0 Å². The highest BCUT2D eigenvalue weighted by molar-refractivity contribution is 5.96. The highest BCUT2D eigenvalue weighted by Gasteiger charge is 2.22. The van der Waals surface area contributed by atoms with Gasteiger partial charge in [-0.05, 0) is 23.6 Å². The standard InChI is InChI=1S/C16H16N2O/c19-16-15(10-12-6-2-1-3-7-12)17-11-13-8-4-5-9-14(13)18-16/h1-9,15,17H,10-11H2,(H,18,19)/t15-/m0/s1. The van der Waals surface area contributed by atoms with Crippen LogP contribution in [0.15, 0.2) is 54.6 Å². The third kappa shape index (κ3) is 2.66. The first-order valence-electron chi connectivity index (χ1n) is 6.49. The zero-order chi connectivity index (χ0) is 13.1. The van der Waals surface area contributed by atoms with Crippen molar-refractivity contribution in [3.05, 3.63) is 65.7 Å². The Morgan fingerprint density at radius 2 is 1.74 bits per heavy atom. The van der Waals surface area contributed by atoms with Gasteiger partial charge in [-0.2, -0.15) is 0 Å². The molecule has 0 radical (unpaired) electrons. The van der Waals surface area contributed by atoms with Gasteiger partial charge in [-0.15, -0.1) is 0 Å². The van der Waals surface area contributed by atoms with E-state index in [1.54, 1.807) is 0 Å². The van der Waals surface area contributed by atoms with Crippen LogP contribution in [-0.4, -0.2) is 11.9 Å². The van der Waals surface area contributed by atoms with Gasteiger partial charge in [0.15, 0.2) is 0 Å². The van der Waals surface area contributed by atoms with E-state index in [2.05, 4.69) is 10.6 Å². The molecule has 0 aliphatic carbocycles. The fourth-order valence-corrected chi connectivity index (χ4v) is 2.36. The van der Waals surface area contributed by atoms with Gasteiger partial charge >= 0.3 is 0 Å². The summed E-state index contributed by atoms with van der Waals surface area (Å²) in [6.45, 7) is 0.715. The van der Waals surface area contributed by atoms with Crippen molar-refractivity contribution >= 4 is 11.6 Å². The van der Waals surface area contributed by atoms with Gasteiger partial charge in [0.05, 0.1) is 6.04 Å². The summed E-state index contributed by atoms with van der Waals surface area (Å²) in [7, 11) is 0. The van der Waals surface area contributed by atoms with Crippen molar-refractivity contribution < 1.29 is 4.79 Å². The van der Waals surface area contributed by atoms with Crippen LogP contribution in [0, 0.1) is 0 Å². The zero-order valence-corrected chi connectivity index (χ0v) is 10.6. The van der Waals surface area contributed by atoms with Crippen LogP contribution in [0.5, 0.6) is 0 Å². The molecule has 1 amide bonds. The molecule has 96 valence electrons. The van der Waals surface area contributed by atoms with Crippen molar-refractivity contribution in [1.29, 1.82) is 0 Å². The second-order valence-corrected chi connectivity index (χ2v) is 4.77. The molecular weight excluding hydrogens is 236 g/mol. The lowest BCUT2D eigenvalue weighted by Gasteiger charge is -2.14. The van der Waals surface area contributed by atoms with Gasteiger partial charge in [0, 0.05) is 12.2 Å². The number of hydrogen-bond acceptors (Lipinski definition) is 2. The van der Waals surface area contributed by atoms with E-state index in [1.165, 1.54) is 5.56 Å². The van der Waals surface area contributed by atoms with Gasteiger partial charge in [0.2, 0.25) is 5.91 Å². The Kier molecular flexibility index (Phi) is 3.29. The third-order valence-corrected chi connectivity index (χ3v) is 3.41. The molecule has 3 rings (SSSR count). The minimum Gasteiger partial charge on any atom is -0.324 e. The molecule has 3 heteroatoms. The summed E-state index contributed by atoms with van der Waals surface area (Å²) in [4.78, 5) is 12.2. The summed E-state index contributed by atoms with van der Waals surface area (Å²) >= 11 is 0. The topological polar surface area (TPSA) is 41.1 Å². The molecule has 2 N–H and O–H groups in total. The summed E-state index contributed by atoms with van der Waals surface area (Å²) in [5.74, 6) is 0.0359. The molecule has 0 unspecified atom stereocenters. The number of rotatable bonds is 2. The van der Waals surface area contributed by atoms with E-state index >= 15 is 0 Å². The highest BCUT2D eigenvalue weighted by Crippen LogP contribution is 2.18. The average molecular weight is 252 g/mol. The maximum Gasteiger partial charge on any atom is 0.241 e. The lowest BCUT2D eigenvalue weighted by Crippen LogP contribution is -2.39. The van der Waals surface area contributed by atoms with Crippen LogP contribution < -0.4 is 10.6 Å². The van der Waals surface area contributed by atoms with Crippen LogP contribution in [0.4, 0.5) is 5.69 Å². The molecular formula is C16H16N2O. The Morgan fingerprint density at radius 1 is 1.00 bits per heavy atom. The molecule has 19 heavy (non-hydrogen) atoms. The van der Waals surface area contributed by atoms with E-state index in [9.17, 15) is 4.79 Å². The first kappa shape index (κ1) is 11.9. The predicted octanol–water partition coefficient (Wildman–Crippen LogP) is 2.34. The molecule has 0 spiro atoms. The van der Waals surface area contributed by atoms with Crippen LogP contribution >= 0.6 is 0 Å². The largest absolute Gasteiger partial charge is 0.324 e. The highest BCUT2D eigenvalue weighted by atomic mass is 16.2. The van der Waals surface area contributed by atoms with Crippen LogP contribution in [0.3, 0.4) is 0 Å². The number of hydrogen-bond donors (Lipinski definition) is 2. The summed E-state index contributed by atoms with van der Waals surface area (Å²) < 4.78 is 0. The number of carbonyl (C=O) groups is 1. The second kappa shape index (κ2) is 5.24. The molecule has 1 aliphatic heterocycles. The van der Waals surface area contributed by atoms with Gasteiger partial charge in [-0.1, -0.05) is 48.5 Å². The summed E-state index contributed by atoms with van der Waals surface area (Å²) in [5.41, 5.74) is 3.21. The summed E-state index contributed by atoms with van der Waals surface area (Å²) in [6, 6.07) is 17.8. The average Bonchev–Trinajstić information content (AvgIpc) is 2.60. The molecule has 0 aromatic heterocycles. The Hall–Kier alpha value is -2.13. The lowest BCUT2D eigenvalue weighted by molar-refractivity contribution is -0.118. The Labute approximate surface area is 112 Å². The van der Waals surface area contributed by atoms with Crippen LogP contribution in [0.1, 0.15) is 11.1 Å². The van der Waals surface area contributed by atoms with Gasteiger partial charge in [-0.3, -0.25) is 4.79 Å². The zero-order valence-electron chi connectivity index (χ0n) is 10.6.